The van der Waals surface area contributed by atoms with E-state index in [0.29, 0.717) is 0 Å². The maximum atomic E-state index is 5.49. The van der Waals surface area contributed by atoms with E-state index in [2.05, 4.69) is 15.9 Å². The van der Waals surface area contributed by atoms with Gasteiger partial charge in [-0.15, -0.1) is 11.3 Å². The van der Waals surface area contributed by atoms with Gasteiger partial charge in [0.05, 0.1) is 4.95 Å². The monoisotopic (exact) mass is 191 g/mol. The molecule has 3 heteroatoms. The summed E-state index contributed by atoms with van der Waals surface area (Å²) in [6, 6.07) is 3.99. The number of rotatable bonds is 1. The zero-order valence-electron chi connectivity index (χ0n) is 4.17. The van der Waals surface area contributed by atoms with E-state index in [0.717, 1.165) is 0 Å². The summed E-state index contributed by atoms with van der Waals surface area (Å²) in [4.78, 5) is 1.19. The van der Waals surface area contributed by atoms with Crippen LogP contribution in [0.1, 0.15) is 9.83 Å². The summed E-state index contributed by atoms with van der Waals surface area (Å²) in [5.74, 6) is 0. The standard InChI is InChI=1S/C5H6BrNS/c6-5(7)4-2-1-3-8-4/h1-3,5H,7H2. The largest absolute Gasteiger partial charge is 0.314 e. The number of alkyl halides is 1. The first kappa shape index (κ1) is 6.26. The minimum absolute atomic E-state index is 0.0162. The van der Waals surface area contributed by atoms with E-state index in [1.54, 1.807) is 11.3 Å². The molecule has 0 spiro atoms. The van der Waals surface area contributed by atoms with Gasteiger partial charge in [0.15, 0.2) is 0 Å². The quantitative estimate of drug-likeness (QED) is 0.535. The van der Waals surface area contributed by atoms with Crippen LogP contribution in [0.2, 0.25) is 0 Å². The lowest BCUT2D eigenvalue weighted by Crippen LogP contribution is -1.97. The molecule has 0 saturated heterocycles. The van der Waals surface area contributed by atoms with Gasteiger partial charge in [0.2, 0.25) is 0 Å². The molecule has 0 amide bonds. The van der Waals surface area contributed by atoms with Gasteiger partial charge in [-0.25, -0.2) is 0 Å². The molecule has 0 fully saturated rings. The molecule has 8 heavy (non-hydrogen) atoms. The first-order valence-corrected chi connectivity index (χ1v) is 4.03. The number of nitrogens with two attached hydrogens (primary N) is 1. The van der Waals surface area contributed by atoms with Crippen molar-refractivity contribution < 1.29 is 0 Å². The van der Waals surface area contributed by atoms with Crippen LogP contribution in [0, 0.1) is 0 Å². The molecular weight excluding hydrogens is 186 g/mol. The van der Waals surface area contributed by atoms with Gasteiger partial charge in [-0.1, -0.05) is 22.0 Å². The highest BCUT2D eigenvalue weighted by molar-refractivity contribution is 9.09. The molecule has 1 rings (SSSR count). The van der Waals surface area contributed by atoms with E-state index in [-0.39, 0.29) is 4.95 Å². The topological polar surface area (TPSA) is 26.0 Å². The SMILES string of the molecule is NC(Br)c1cccs1. The molecule has 1 aromatic rings. The Morgan fingerprint density at radius 3 is 2.75 bits per heavy atom. The Morgan fingerprint density at radius 1 is 1.75 bits per heavy atom. The predicted octanol–water partition coefficient (Wildman–Crippen LogP) is 2.10. The summed E-state index contributed by atoms with van der Waals surface area (Å²) in [6.07, 6.45) is 0. The van der Waals surface area contributed by atoms with Gasteiger partial charge in [0.1, 0.15) is 0 Å². The van der Waals surface area contributed by atoms with Gasteiger partial charge in [-0.2, -0.15) is 0 Å². The van der Waals surface area contributed by atoms with E-state index < -0.39 is 0 Å². The first-order valence-electron chi connectivity index (χ1n) is 2.24. The molecule has 1 heterocycles. The third-order valence-corrected chi connectivity index (χ3v) is 2.57. The Bertz CT molecular complexity index is 147. The predicted molar refractivity (Wildman–Crippen MR) is 40.2 cm³/mol. The molecule has 1 nitrogen and oxygen atoms in total. The summed E-state index contributed by atoms with van der Waals surface area (Å²) >= 11 is 4.91. The summed E-state index contributed by atoms with van der Waals surface area (Å²) in [5, 5.41) is 2.01. The molecule has 0 aliphatic carbocycles. The Hall–Kier alpha value is 0.140. The van der Waals surface area contributed by atoms with Crippen molar-refractivity contribution in [3.8, 4) is 0 Å². The second kappa shape index (κ2) is 2.62. The third kappa shape index (κ3) is 1.31. The van der Waals surface area contributed by atoms with Crippen LogP contribution in [0.4, 0.5) is 0 Å². The van der Waals surface area contributed by atoms with Crippen LogP contribution < -0.4 is 5.73 Å². The summed E-state index contributed by atoms with van der Waals surface area (Å²) in [5.41, 5.74) is 5.49. The van der Waals surface area contributed by atoms with Gasteiger partial charge >= 0.3 is 0 Å². The van der Waals surface area contributed by atoms with Crippen molar-refractivity contribution in [2.24, 2.45) is 5.73 Å². The number of thiophene rings is 1. The Labute approximate surface area is 60.6 Å². The fourth-order valence-corrected chi connectivity index (χ4v) is 1.53. The number of hydrogen-bond acceptors (Lipinski definition) is 2. The molecule has 0 bridgehead atoms. The number of hydrogen-bond donors (Lipinski definition) is 1. The smallest absolute Gasteiger partial charge is 0.0954 e. The summed E-state index contributed by atoms with van der Waals surface area (Å²) in [6.45, 7) is 0. The summed E-state index contributed by atoms with van der Waals surface area (Å²) < 4.78 is 0. The Balaban J connectivity index is 2.77. The lowest BCUT2D eigenvalue weighted by molar-refractivity contribution is 1.09. The van der Waals surface area contributed by atoms with Gasteiger partial charge in [-0.05, 0) is 11.4 Å². The van der Waals surface area contributed by atoms with Crippen LogP contribution >= 0.6 is 27.3 Å². The Kier molecular flexibility index (Phi) is 2.05. The minimum Gasteiger partial charge on any atom is -0.314 e. The van der Waals surface area contributed by atoms with Gasteiger partial charge < -0.3 is 5.73 Å². The van der Waals surface area contributed by atoms with E-state index in [1.807, 2.05) is 17.5 Å². The molecular formula is C5H6BrNS. The molecule has 1 atom stereocenters. The normalized spacial score (nSPS) is 13.8. The molecule has 0 saturated carbocycles. The third-order valence-electron chi connectivity index (χ3n) is 0.815. The van der Waals surface area contributed by atoms with Crippen molar-refractivity contribution in [3.05, 3.63) is 22.4 Å². The average molecular weight is 192 g/mol. The van der Waals surface area contributed by atoms with Gasteiger partial charge in [-0.3, -0.25) is 0 Å². The first-order chi connectivity index (χ1) is 3.80. The van der Waals surface area contributed by atoms with E-state index in [4.69, 9.17) is 5.73 Å². The molecule has 0 aliphatic rings. The molecule has 0 aromatic carbocycles. The zero-order valence-corrected chi connectivity index (χ0v) is 6.58. The van der Waals surface area contributed by atoms with Crippen molar-refractivity contribution in [1.29, 1.82) is 0 Å². The minimum atomic E-state index is 0.0162. The fourth-order valence-electron chi connectivity index (χ4n) is 0.448. The lowest BCUT2D eigenvalue weighted by atomic mass is 10.5. The molecule has 1 aromatic heterocycles. The van der Waals surface area contributed by atoms with Crippen LogP contribution in [0.25, 0.3) is 0 Å². The molecule has 2 N–H and O–H groups in total. The van der Waals surface area contributed by atoms with E-state index in [9.17, 15) is 0 Å². The second-order valence-corrected chi connectivity index (χ2v) is 3.38. The van der Waals surface area contributed by atoms with Crippen LogP contribution in [0.5, 0.6) is 0 Å². The van der Waals surface area contributed by atoms with Crippen molar-refractivity contribution in [1.82, 2.24) is 0 Å². The maximum Gasteiger partial charge on any atom is 0.0954 e. The Morgan fingerprint density at radius 2 is 2.50 bits per heavy atom. The van der Waals surface area contributed by atoms with Crippen LogP contribution in [0.3, 0.4) is 0 Å². The van der Waals surface area contributed by atoms with Crippen LogP contribution in [-0.4, -0.2) is 0 Å². The van der Waals surface area contributed by atoms with Crippen LogP contribution in [-0.2, 0) is 0 Å². The fraction of sp³-hybridized carbons (Fsp3) is 0.200. The highest BCUT2D eigenvalue weighted by Gasteiger charge is 1.98. The van der Waals surface area contributed by atoms with E-state index >= 15 is 0 Å². The van der Waals surface area contributed by atoms with Crippen LogP contribution in [0.15, 0.2) is 17.5 Å². The maximum absolute atomic E-state index is 5.49. The van der Waals surface area contributed by atoms with E-state index in [1.165, 1.54) is 4.88 Å². The van der Waals surface area contributed by atoms with Crippen molar-refractivity contribution in [2.45, 2.75) is 4.95 Å². The van der Waals surface area contributed by atoms with Gasteiger partial charge in [0.25, 0.3) is 0 Å². The average Bonchev–Trinajstić information content (AvgIpc) is 2.12. The van der Waals surface area contributed by atoms with Gasteiger partial charge in [0, 0.05) is 4.88 Å². The lowest BCUT2D eigenvalue weighted by Gasteiger charge is -1.94. The molecule has 0 aliphatic heterocycles. The second-order valence-electron chi connectivity index (χ2n) is 1.42. The molecule has 44 valence electrons. The highest BCUT2D eigenvalue weighted by Crippen LogP contribution is 2.20. The zero-order chi connectivity index (χ0) is 5.98. The summed E-state index contributed by atoms with van der Waals surface area (Å²) in [7, 11) is 0. The molecule has 0 radical (unpaired) electrons. The number of halogens is 1. The molecule has 1 unspecified atom stereocenters. The van der Waals surface area contributed by atoms with Crippen molar-refractivity contribution >= 4 is 27.3 Å². The highest BCUT2D eigenvalue weighted by atomic mass is 79.9. The van der Waals surface area contributed by atoms with Crippen molar-refractivity contribution in [3.63, 3.8) is 0 Å². The van der Waals surface area contributed by atoms with Crippen molar-refractivity contribution in [2.75, 3.05) is 0 Å².